The Labute approximate surface area is 114 Å². The summed E-state index contributed by atoms with van der Waals surface area (Å²) in [5.41, 5.74) is 3.09. The van der Waals surface area contributed by atoms with Gasteiger partial charge in [-0.25, -0.2) is 4.79 Å². The fourth-order valence-corrected chi connectivity index (χ4v) is 3.00. The van der Waals surface area contributed by atoms with Gasteiger partial charge in [0.25, 0.3) is 0 Å². The molecule has 0 aliphatic heterocycles. The number of hydrogen-bond donors (Lipinski definition) is 2. The molecule has 1 heterocycles. The van der Waals surface area contributed by atoms with Crippen LogP contribution in [0.15, 0.2) is 0 Å². The molecule has 106 valence electrons. The maximum atomic E-state index is 11.7. The Hall–Kier alpha value is -1.29. The normalized spacial score (nSPS) is 18.3. The first-order valence-electron chi connectivity index (χ1n) is 7.01. The van der Waals surface area contributed by atoms with Gasteiger partial charge < -0.3 is 14.8 Å². The fraction of sp³-hybridized carbons (Fsp3) is 0.667. The molecule has 4 heteroatoms. The minimum absolute atomic E-state index is 0.302. The second-order valence-electron chi connectivity index (χ2n) is 5.50. The van der Waals surface area contributed by atoms with Crippen LogP contribution in [0.25, 0.3) is 0 Å². The van der Waals surface area contributed by atoms with Crippen LogP contribution in [-0.4, -0.2) is 23.2 Å². The van der Waals surface area contributed by atoms with Crippen molar-refractivity contribution in [2.45, 2.75) is 52.1 Å². The topological polar surface area (TPSA) is 62.3 Å². The molecule has 1 saturated carbocycles. The molecule has 1 aromatic rings. The molecule has 2 N–H and O–H groups in total. The van der Waals surface area contributed by atoms with Gasteiger partial charge >= 0.3 is 5.97 Å². The van der Waals surface area contributed by atoms with Crippen LogP contribution < -0.4 is 0 Å². The van der Waals surface area contributed by atoms with E-state index in [1.165, 1.54) is 26.4 Å². The zero-order valence-corrected chi connectivity index (χ0v) is 12.0. The highest BCUT2D eigenvalue weighted by molar-refractivity contribution is 5.89. The van der Waals surface area contributed by atoms with Crippen molar-refractivity contribution in [1.29, 1.82) is 0 Å². The van der Waals surface area contributed by atoms with E-state index < -0.39 is 6.10 Å². The SMILES string of the molecule is COC(=O)c1[nH]c(C(O)C2CCCCC2)c(C)c1C. The molecule has 1 aliphatic carbocycles. The summed E-state index contributed by atoms with van der Waals surface area (Å²) in [5, 5.41) is 10.5. The van der Waals surface area contributed by atoms with E-state index in [0.29, 0.717) is 11.6 Å². The average Bonchev–Trinajstić information content (AvgIpc) is 2.75. The van der Waals surface area contributed by atoms with Crippen LogP contribution in [-0.2, 0) is 4.74 Å². The Morgan fingerprint density at radius 2 is 1.89 bits per heavy atom. The van der Waals surface area contributed by atoms with E-state index >= 15 is 0 Å². The highest BCUT2D eigenvalue weighted by atomic mass is 16.5. The third kappa shape index (κ3) is 2.68. The van der Waals surface area contributed by atoms with E-state index in [4.69, 9.17) is 4.74 Å². The summed E-state index contributed by atoms with van der Waals surface area (Å²) in [6.45, 7) is 3.83. The Morgan fingerprint density at radius 3 is 2.47 bits per heavy atom. The first-order valence-corrected chi connectivity index (χ1v) is 7.01. The number of aliphatic hydroxyl groups excluding tert-OH is 1. The molecule has 1 aliphatic rings. The van der Waals surface area contributed by atoms with Gasteiger partial charge in [0.05, 0.1) is 13.2 Å². The molecule has 0 spiro atoms. The van der Waals surface area contributed by atoms with Crippen LogP contribution in [0.2, 0.25) is 0 Å². The molecule has 1 fully saturated rings. The summed E-state index contributed by atoms with van der Waals surface area (Å²) >= 11 is 0. The zero-order chi connectivity index (χ0) is 14.0. The maximum absolute atomic E-state index is 11.7. The molecule has 0 bridgehead atoms. The van der Waals surface area contributed by atoms with Crippen molar-refractivity contribution in [2.75, 3.05) is 7.11 Å². The minimum Gasteiger partial charge on any atom is -0.464 e. The zero-order valence-electron chi connectivity index (χ0n) is 12.0. The van der Waals surface area contributed by atoms with Crippen molar-refractivity contribution in [1.82, 2.24) is 4.98 Å². The van der Waals surface area contributed by atoms with Gasteiger partial charge in [-0.15, -0.1) is 0 Å². The number of hydrogen-bond acceptors (Lipinski definition) is 3. The number of carbonyl (C=O) groups excluding carboxylic acids is 1. The summed E-state index contributed by atoms with van der Waals surface area (Å²) < 4.78 is 4.76. The van der Waals surface area contributed by atoms with Crippen LogP contribution in [0, 0.1) is 19.8 Å². The predicted molar refractivity (Wildman–Crippen MR) is 73.1 cm³/mol. The second-order valence-corrected chi connectivity index (χ2v) is 5.50. The van der Waals surface area contributed by atoms with E-state index in [-0.39, 0.29) is 5.97 Å². The Kier molecular flexibility index (Phi) is 4.30. The molecule has 0 radical (unpaired) electrons. The Morgan fingerprint density at radius 1 is 1.26 bits per heavy atom. The second kappa shape index (κ2) is 5.78. The number of esters is 1. The number of H-pyrrole nitrogens is 1. The number of aliphatic hydroxyl groups is 1. The van der Waals surface area contributed by atoms with Crippen LogP contribution in [0.1, 0.15) is 65.5 Å². The summed E-state index contributed by atoms with van der Waals surface area (Å²) in [4.78, 5) is 14.7. The first-order chi connectivity index (χ1) is 9.06. The van der Waals surface area contributed by atoms with Crippen molar-refractivity contribution >= 4 is 5.97 Å². The molecular formula is C15H23NO3. The summed E-state index contributed by atoms with van der Waals surface area (Å²) in [6, 6.07) is 0. The average molecular weight is 265 g/mol. The van der Waals surface area contributed by atoms with Crippen LogP contribution >= 0.6 is 0 Å². The molecule has 1 aromatic heterocycles. The monoisotopic (exact) mass is 265 g/mol. The van der Waals surface area contributed by atoms with Crippen LogP contribution in [0.5, 0.6) is 0 Å². The molecule has 0 saturated heterocycles. The molecule has 4 nitrogen and oxygen atoms in total. The molecule has 2 rings (SSSR count). The quantitative estimate of drug-likeness (QED) is 0.826. The number of rotatable bonds is 3. The van der Waals surface area contributed by atoms with E-state index in [1.54, 1.807) is 0 Å². The van der Waals surface area contributed by atoms with Gasteiger partial charge in [0.15, 0.2) is 0 Å². The standard InChI is InChI=1S/C15H23NO3/c1-9-10(2)13(15(18)19-3)16-12(9)14(17)11-7-5-4-6-8-11/h11,14,16-17H,4-8H2,1-3H3. The lowest BCUT2D eigenvalue weighted by molar-refractivity contribution is 0.0590. The summed E-state index contributed by atoms with van der Waals surface area (Å²) in [6.07, 6.45) is 5.25. The lowest BCUT2D eigenvalue weighted by Gasteiger charge is -2.26. The van der Waals surface area contributed by atoms with Crippen molar-refractivity contribution in [3.05, 3.63) is 22.5 Å². The third-order valence-electron chi connectivity index (χ3n) is 4.38. The van der Waals surface area contributed by atoms with E-state index in [0.717, 1.165) is 29.7 Å². The van der Waals surface area contributed by atoms with Crippen molar-refractivity contribution in [2.24, 2.45) is 5.92 Å². The lowest BCUT2D eigenvalue weighted by Crippen LogP contribution is -2.17. The summed E-state index contributed by atoms with van der Waals surface area (Å²) in [7, 11) is 1.37. The first kappa shape index (κ1) is 14.1. The minimum atomic E-state index is -0.502. The van der Waals surface area contributed by atoms with Gasteiger partial charge in [0.1, 0.15) is 5.69 Å². The van der Waals surface area contributed by atoms with Gasteiger partial charge in [-0.05, 0) is 43.7 Å². The van der Waals surface area contributed by atoms with Crippen LogP contribution in [0.3, 0.4) is 0 Å². The van der Waals surface area contributed by atoms with Crippen LogP contribution in [0.4, 0.5) is 0 Å². The van der Waals surface area contributed by atoms with Gasteiger partial charge in [0.2, 0.25) is 0 Å². The van der Waals surface area contributed by atoms with Gasteiger partial charge in [-0.1, -0.05) is 19.3 Å². The number of methoxy groups -OCH3 is 1. The third-order valence-corrected chi connectivity index (χ3v) is 4.38. The molecule has 1 atom stereocenters. The van der Waals surface area contributed by atoms with Gasteiger partial charge in [-0.2, -0.15) is 0 Å². The number of aromatic nitrogens is 1. The molecule has 1 unspecified atom stereocenters. The molecule has 0 aromatic carbocycles. The summed E-state index contributed by atoms with van der Waals surface area (Å²) in [5.74, 6) is -0.0707. The fourth-order valence-electron chi connectivity index (χ4n) is 3.00. The molecular weight excluding hydrogens is 242 g/mol. The van der Waals surface area contributed by atoms with Gasteiger partial charge in [0, 0.05) is 5.69 Å². The van der Waals surface area contributed by atoms with Crippen molar-refractivity contribution in [3.63, 3.8) is 0 Å². The Balaban J connectivity index is 2.26. The van der Waals surface area contributed by atoms with Crippen molar-refractivity contribution < 1.29 is 14.6 Å². The maximum Gasteiger partial charge on any atom is 0.354 e. The van der Waals surface area contributed by atoms with Gasteiger partial charge in [-0.3, -0.25) is 0 Å². The predicted octanol–water partition coefficient (Wildman–Crippen LogP) is 3.03. The number of ether oxygens (including phenoxy) is 1. The van der Waals surface area contributed by atoms with E-state index in [1.807, 2.05) is 13.8 Å². The Bertz CT molecular complexity index is 458. The molecule has 19 heavy (non-hydrogen) atoms. The van der Waals surface area contributed by atoms with E-state index in [2.05, 4.69) is 4.98 Å². The smallest absolute Gasteiger partial charge is 0.354 e. The highest BCUT2D eigenvalue weighted by Gasteiger charge is 2.28. The number of nitrogens with one attached hydrogen (secondary N) is 1. The molecule has 0 amide bonds. The van der Waals surface area contributed by atoms with E-state index in [9.17, 15) is 9.90 Å². The number of carbonyl (C=O) groups is 1. The van der Waals surface area contributed by atoms with Crippen molar-refractivity contribution in [3.8, 4) is 0 Å². The highest BCUT2D eigenvalue weighted by Crippen LogP contribution is 2.36. The largest absolute Gasteiger partial charge is 0.464 e. The number of aromatic amines is 1. The lowest BCUT2D eigenvalue weighted by atomic mass is 9.83.